The van der Waals surface area contributed by atoms with Gasteiger partial charge in [-0.15, -0.1) is 0 Å². The Morgan fingerprint density at radius 1 is 1.10 bits per heavy atom. The van der Waals surface area contributed by atoms with Crippen molar-refractivity contribution in [3.8, 4) is 0 Å². The molecule has 4 heterocycles. The molecule has 10 nitrogen and oxygen atoms in total. The zero-order valence-electron chi connectivity index (χ0n) is 23.4. The summed E-state index contributed by atoms with van der Waals surface area (Å²) in [5, 5.41) is 6.11. The number of nitrogens with two attached hydrogens (primary N) is 2. The van der Waals surface area contributed by atoms with Crippen LogP contribution in [0.2, 0.25) is 0 Å². The van der Waals surface area contributed by atoms with Crippen molar-refractivity contribution in [2.75, 3.05) is 59.0 Å². The van der Waals surface area contributed by atoms with Crippen molar-refractivity contribution in [3.05, 3.63) is 0 Å². The van der Waals surface area contributed by atoms with Gasteiger partial charge in [-0.25, -0.2) is 8.78 Å². The van der Waals surface area contributed by atoms with E-state index in [-0.39, 0.29) is 30.3 Å². The second-order valence-electron chi connectivity index (χ2n) is 12.4. The van der Waals surface area contributed by atoms with Gasteiger partial charge in [-0.2, -0.15) is 0 Å². The number of morpholine rings is 1. The van der Waals surface area contributed by atoms with Crippen molar-refractivity contribution < 1.29 is 23.1 Å². The Morgan fingerprint density at radius 2 is 1.79 bits per heavy atom. The highest BCUT2D eigenvalue weighted by atomic mass is 19.1. The third-order valence-corrected chi connectivity index (χ3v) is 8.75. The van der Waals surface area contributed by atoms with Gasteiger partial charge in [0.15, 0.2) is 0 Å². The molecule has 4 aliphatic rings. The lowest BCUT2D eigenvalue weighted by Gasteiger charge is -2.45. The second kappa shape index (κ2) is 13.3. The van der Waals surface area contributed by atoms with Crippen molar-refractivity contribution in [2.24, 2.45) is 33.7 Å². The van der Waals surface area contributed by atoms with E-state index in [0.29, 0.717) is 83.8 Å². The van der Waals surface area contributed by atoms with E-state index in [1.54, 1.807) is 0 Å². The maximum absolute atomic E-state index is 15.4. The van der Waals surface area contributed by atoms with Crippen molar-refractivity contribution >= 4 is 17.5 Å². The van der Waals surface area contributed by atoms with E-state index < -0.39 is 42.4 Å². The molecule has 0 radical (unpaired) electrons. The third-order valence-electron chi connectivity index (χ3n) is 8.75. The smallest absolute Gasteiger partial charge is 0.232 e. The molecule has 12 heteroatoms. The number of likely N-dealkylation sites (tertiary alicyclic amines) is 1. The van der Waals surface area contributed by atoms with Crippen LogP contribution >= 0.6 is 0 Å². The van der Waals surface area contributed by atoms with E-state index in [9.17, 15) is 14.0 Å². The molecule has 0 aromatic rings. The third kappa shape index (κ3) is 7.72. The SMILES string of the molecule is CC1(C)CCC(F)C/N=C(/C(C(=O)NC2CNCC(F)C2N2CCC(C(=O)N3CCOCC3)CC2)C(N)N)C1. The number of ether oxygens (including phenoxy) is 1. The van der Waals surface area contributed by atoms with E-state index in [1.165, 1.54) is 0 Å². The molecule has 5 unspecified atom stereocenters. The minimum Gasteiger partial charge on any atom is -0.378 e. The van der Waals surface area contributed by atoms with Gasteiger partial charge in [-0.3, -0.25) is 19.5 Å². The van der Waals surface area contributed by atoms with Crippen LogP contribution in [-0.4, -0.2) is 117 Å². The molecule has 0 aromatic heterocycles. The molecule has 0 saturated carbocycles. The lowest BCUT2D eigenvalue weighted by atomic mass is 9.77. The standard InChI is InChI=1S/C27H47F2N7O3/c1-27(2)6-3-18(28)14-33-20(13-27)22(24(30)31)25(37)34-21-16-32-15-19(29)23(21)35-7-4-17(5-8-35)26(38)36-9-11-39-12-10-36/h17-19,21-24,32H,3-16,30-31H2,1-2H3,(H,34,37)/b33-20+. The number of aliphatic imine (C=N–C) groups is 1. The van der Waals surface area contributed by atoms with Gasteiger partial charge in [0.05, 0.1) is 38.0 Å². The number of carbonyl (C=O) groups excluding carboxylic acids is 2. The molecule has 0 aromatic carbocycles. The number of carbonyl (C=O) groups is 2. The minimum atomic E-state index is -1.19. The van der Waals surface area contributed by atoms with Gasteiger partial charge in [-0.05, 0) is 50.6 Å². The highest BCUT2D eigenvalue weighted by Gasteiger charge is 2.43. The summed E-state index contributed by atoms with van der Waals surface area (Å²) in [6, 6.07) is -1.04. The van der Waals surface area contributed by atoms with Gasteiger partial charge in [0.1, 0.15) is 18.3 Å². The lowest BCUT2D eigenvalue weighted by molar-refractivity contribution is -0.141. The molecule has 5 atom stereocenters. The van der Waals surface area contributed by atoms with Crippen LogP contribution in [0.5, 0.6) is 0 Å². The summed E-state index contributed by atoms with van der Waals surface area (Å²) in [4.78, 5) is 35.0. The Labute approximate surface area is 230 Å². The molecular formula is C27H47F2N7O3. The fraction of sp³-hybridized carbons (Fsp3) is 0.889. The van der Waals surface area contributed by atoms with Crippen LogP contribution in [0.1, 0.15) is 46.0 Å². The van der Waals surface area contributed by atoms with Crippen molar-refractivity contribution in [1.29, 1.82) is 0 Å². The monoisotopic (exact) mass is 555 g/mol. The Kier molecular flexibility index (Phi) is 10.3. The first-order valence-corrected chi connectivity index (χ1v) is 14.5. The summed E-state index contributed by atoms with van der Waals surface area (Å²) in [5.41, 5.74) is 12.4. The molecule has 3 fully saturated rings. The van der Waals surface area contributed by atoms with Crippen LogP contribution in [0.15, 0.2) is 4.99 Å². The molecule has 3 saturated heterocycles. The zero-order chi connectivity index (χ0) is 28.2. The summed E-state index contributed by atoms with van der Waals surface area (Å²) in [6.45, 7) is 8.17. The fourth-order valence-corrected chi connectivity index (χ4v) is 6.50. The van der Waals surface area contributed by atoms with Crippen LogP contribution in [0.4, 0.5) is 8.78 Å². The van der Waals surface area contributed by atoms with Gasteiger partial charge in [-0.1, -0.05) is 13.8 Å². The summed E-state index contributed by atoms with van der Waals surface area (Å²) in [6.07, 6.45) is -0.387. The normalized spacial score (nSPS) is 33.5. The summed E-state index contributed by atoms with van der Waals surface area (Å²) in [7, 11) is 0. The first-order valence-electron chi connectivity index (χ1n) is 14.5. The van der Waals surface area contributed by atoms with Crippen molar-refractivity contribution in [1.82, 2.24) is 20.4 Å². The molecule has 0 spiro atoms. The van der Waals surface area contributed by atoms with Crippen LogP contribution in [0.25, 0.3) is 0 Å². The lowest BCUT2D eigenvalue weighted by Crippen LogP contribution is -2.67. The second-order valence-corrected chi connectivity index (χ2v) is 12.4. The van der Waals surface area contributed by atoms with Crippen LogP contribution < -0.4 is 22.1 Å². The fourth-order valence-electron chi connectivity index (χ4n) is 6.50. The number of halogens is 2. The number of hydrogen-bond acceptors (Lipinski definition) is 8. The quantitative estimate of drug-likeness (QED) is 0.344. The molecule has 4 rings (SSSR count). The number of amides is 2. The number of rotatable bonds is 6. The Bertz CT molecular complexity index is 875. The first-order chi connectivity index (χ1) is 18.6. The topological polar surface area (TPSA) is 138 Å². The van der Waals surface area contributed by atoms with Crippen LogP contribution in [-0.2, 0) is 14.3 Å². The predicted molar refractivity (Wildman–Crippen MR) is 146 cm³/mol. The molecule has 0 bridgehead atoms. The van der Waals surface area contributed by atoms with Crippen LogP contribution in [0.3, 0.4) is 0 Å². The number of alkyl halides is 2. The Morgan fingerprint density at radius 3 is 2.46 bits per heavy atom. The molecule has 0 aliphatic carbocycles. The number of hydrogen-bond donors (Lipinski definition) is 4. The average Bonchev–Trinajstić information content (AvgIpc) is 2.90. The Hall–Kier alpha value is -1.73. The van der Waals surface area contributed by atoms with Crippen LogP contribution in [0, 0.1) is 17.3 Å². The molecule has 39 heavy (non-hydrogen) atoms. The highest BCUT2D eigenvalue weighted by Crippen LogP contribution is 2.32. The van der Waals surface area contributed by atoms with E-state index in [0.717, 1.165) is 0 Å². The minimum absolute atomic E-state index is 0.0137. The largest absolute Gasteiger partial charge is 0.378 e. The maximum atomic E-state index is 15.4. The summed E-state index contributed by atoms with van der Waals surface area (Å²) >= 11 is 0. The van der Waals surface area contributed by atoms with Gasteiger partial charge < -0.3 is 31.7 Å². The zero-order valence-corrected chi connectivity index (χ0v) is 23.4. The van der Waals surface area contributed by atoms with Gasteiger partial charge >= 0.3 is 0 Å². The van der Waals surface area contributed by atoms with E-state index in [4.69, 9.17) is 16.2 Å². The van der Waals surface area contributed by atoms with Gasteiger partial charge in [0.25, 0.3) is 0 Å². The van der Waals surface area contributed by atoms with Crippen molar-refractivity contribution in [2.45, 2.75) is 76.5 Å². The predicted octanol–water partition coefficient (Wildman–Crippen LogP) is 0.201. The maximum Gasteiger partial charge on any atom is 0.232 e. The van der Waals surface area contributed by atoms with E-state index in [1.807, 2.05) is 18.7 Å². The summed E-state index contributed by atoms with van der Waals surface area (Å²) in [5.74, 6) is -1.25. The number of nitrogens with one attached hydrogen (secondary N) is 2. The Balaban J connectivity index is 1.42. The number of nitrogens with zero attached hydrogens (tertiary/aromatic N) is 3. The van der Waals surface area contributed by atoms with Crippen molar-refractivity contribution in [3.63, 3.8) is 0 Å². The first kappa shape index (κ1) is 30.2. The summed E-state index contributed by atoms with van der Waals surface area (Å²) < 4.78 is 35.0. The molecule has 6 N–H and O–H groups in total. The highest BCUT2D eigenvalue weighted by molar-refractivity contribution is 6.05. The number of piperidine rings is 2. The van der Waals surface area contributed by atoms with E-state index >= 15 is 4.39 Å². The van der Waals surface area contributed by atoms with Gasteiger partial charge in [0, 0.05) is 37.8 Å². The van der Waals surface area contributed by atoms with E-state index in [2.05, 4.69) is 20.5 Å². The van der Waals surface area contributed by atoms with Gasteiger partial charge in [0.2, 0.25) is 11.8 Å². The molecule has 2 amide bonds. The molecule has 222 valence electrons. The molecular weight excluding hydrogens is 508 g/mol. The average molecular weight is 556 g/mol. The molecule has 4 aliphatic heterocycles.